The molecule has 0 saturated carbocycles. The molecule has 22 heavy (non-hydrogen) atoms. The van der Waals surface area contributed by atoms with Gasteiger partial charge in [0, 0.05) is 5.69 Å². The summed E-state index contributed by atoms with van der Waals surface area (Å²) in [7, 11) is 1.58. The number of rotatable bonds is 4. The van der Waals surface area contributed by atoms with Crippen LogP contribution < -0.4 is 10.1 Å². The number of anilines is 1. The number of aryl methyl sites for hydroxylation is 1. The number of nitriles is 1. The third kappa shape index (κ3) is 3.74. The van der Waals surface area contributed by atoms with Crippen molar-refractivity contribution < 1.29 is 9.53 Å². The lowest BCUT2D eigenvalue weighted by Crippen LogP contribution is -2.13. The van der Waals surface area contributed by atoms with Gasteiger partial charge in [-0.25, -0.2) is 0 Å². The minimum absolute atomic E-state index is 0.0603. The molecule has 0 aliphatic heterocycles. The van der Waals surface area contributed by atoms with E-state index in [4.69, 9.17) is 4.74 Å². The monoisotopic (exact) mass is 292 g/mol. The van der Waals surface area contributed by atoms with Crippen molar-refractivity contribution in [3.8, 4) is 11.8 Å². The van der Waals surface area contributed by atoms with Crippen molar-refractivity contribution in [3.05, 3.63) is 65.2 Å². The summed E-state index contributed by atoms with van der Waals surface area (Å²) in [5.74, 6) is 0.268. The number of nitrogens with zero attached hydrogens (tertiary/aromatic N) is 1. The van der Waals surface area contributed by atoms with Crippen LogP contribution >= 0.6 is 0 Å². The molecule has 0 aliphatic carbocycles. The molecule has 0 bridgehead atoms. The minimum atomic E-state index is -0.434. The summed E-state index contributed by atoms with van der Waals surface area (Å²) in [6, 6.07) is 16.5. The molecule has 0 radical (unpaired) electrons. The Labute approximate surface area is 129 Å². The van der Waals surface area contributed by atoms with Gasteiger partial charge in [0.1, 0.15) is 17.4 Å². The zero-order chi connectivity index (χ0) is 15.9. The van der Waals surface area contributed by atoms with E-state index in [-0.39, 0.29) is 5.57 Å². The van der Waals surface area contributed by atoms with Gasteiger partial charge in [0.15, 0.2) is 0 Å². The van der Waals surface area contributed by atoms with Crippen molar-refractivity contribution in [2.24, 2.45) is 0 Å². The van der Waals surface area contributed by atoms with Gasteiger partial charge in [-0.2, -0.15) is 5.26 Å². The Morgan fingerprint density at radius 1 is 1.18 bits per heavy atom. The Bertz CT molecular complexity index is 740. The number of carbonyl (C=O) groups is 1. The Kier molecular flexibility index (Phi) is 4.94. The molecule has 0 atom stereocenters. The van der Waals surface area contributed by atoms with Crippen LogP contribution in [0.4, 0.5) is 5.69 Å². The number of hydrogen-bond donors (Lipinski definition) is 1. The first kappa shape index (κ1) is 15.3. The molecule has 4 nitrogen and oxygen atoms in total. The van der Waals surface area contributed by atoms with Gasteiger partial charge in [-0.1, -0.05) is 24.3 Å². The largest absolute Gasteiger partial charge is 0.497 e. The van der Waals surface area contributed by atoms with Crippen molar-refractivity contribution in [2.75, 3.05) is 12.4 Å². The van der Waals surface area contributed by atoms with Crippen LogP contribution in [-0.4, -0.2) is 13.0 Å². The molecule has 1 amide bonds. The predicted octanol–water partition coefficient (Wildman–Crippen LogP) is 3.55. The highest BCUT2D eigenvalue weighted by atomic mass is 16.5. The average Bonchev–Trinajstić information content (AvgIpc) is 2.54. The molecule has 0 aromatic heterocycles. The van der Waals surface area contributed by atoms with E-state index in [1.165, 1.54) is 0 Å². The van der Waals surface area contributed by atoms with E-state index in [1.54, 1.807) is 37.5 Å². The van der Waals surface area contributed by atoms with Crippen molar-refractivity contribution in [1.82, 2.24) is 0 Å². The fourth-order valence-corrected chi connectivity index (χ4v) is 1.93. The summed E-state index contributed by atoms with van der Waals surface area (Å²) in [6.07, 6.45) is 1.59. The molecule has 1 N–H and O–H groups in total. The quantitative estimate of drug-likeness (QED) is 0.692. The van der Waals surface area contributed by atoms with E-state index in [0.717, 1.165) is 11.1 Å². The maximum absolute atomic E-state index is 12.2. The fourth-order valence-electron chi connectivity index (χ4n) is 1.93. The summed E-state index contributed by atoms with van der Waals surface area (Å²) in [4.78, 5) is 12.2. The predicted molar refractivity (Wildman–Crippen MR) is 86.4 cm³/mol. The first-order valence-corrected chi connectivity index (χ1v) is 6.77. The highest BCUT2D eigenvalue weighted by molar-refractivity contribution is 6.09. The van der Waals surface area contributed by atoms with Crippen molar-refractivity contribution in [1.29, 1.82) is 5.26 Å². The summed E-state index contributed by atoms with van der Waals surface area (Å²) >= 11 is 0. The molecular weight excluding hydrogens is 276 g/mol. The molecule has 2 rings (SSSR count). The summed E-state index contributed by atoms with van der Waals surface area (Å²) in [5.41, 5.74) is 2.53. The fraction of sp³-hybridized carbons (Fsp3) is 0.111. The number of benzene rings is 2. The van der Waals surface area contributed by atoms with Crippen LogP contribution in [0.3, 0.4) is 0 Å². The third-order valence-electron chi connectivity index (χ3n) is 3.20. The summed E-state index contributed by atoms with van der Waals surface area (Å²) < 4.78 is 5.06. The molecule has 0 heterocycles. The van der Waals surface area contributed by atoms with Gasteiger partial charge in [-0.05, 0) is 48.4 Å². The Hall–Kier alpha value is -3.06. The first-order valence-electron chi connectivity index (χ1n) is 6.77. The van der Waals surface area contributed by atoms with Crippen LogP contribution in [0.2, 0.25) is 0 Å². The number of carbonyl (C=O) groups excluding carboxylic acids is 1. The minimum Gasteiger partial charge on any atom is -0.497 e. The van der Waals surface area contributed by atoms with E-state index >= 15 is 0 Å². The van der Waals surface area contributed by atoms with Gasteiger partial charge in [0.2, 0.25) is 0 Å². The highest BCUT2D eigenvalue weighted by Crippen LogP contribution is 2.17. The lowest BCUT2D eigenvalue weighted by molar-refractivity contribution is -0.112. The Morgan fingerprint density at radius 2 is 1.86 bits per heavy atom. The van der Waals surface area contributed by atoms with E-state index in [0.29, 0.717) is 11.4 Å². The van der Waals surface area contributed by atoms with Crippen molar-refractivity contribution in [2.45, 2.75) is 6.92 Å². The molecule has 2 aromatic carbocycles. The van der Waals surface area contributed by atoms with Crippen molar-refractivity contribution >= 4 is 17.7 Å². The first-order chi connectivity index (χ1) is 10.6. The van der Waals surface area contributed by atoms with Crippen LogP contribution in [0.1, 0.15) is 11.1 Å². The molecule has 0 aliphatic rings. The van der Waals surface area contributed by atoms with Crippen LogP contribution in [0.15, 0.2) is 54.1 Å². The van der Waals surface area contributed by atoms with E-state index in [1.807, 2.05) is 37.3 Å². The van der Waals surface area contributed by atoms with Gasteiger partial charge in [0.05, 0.1) is 7.11 Å². The molecule has 0 saturated heterocycles. The van der Waals surface area contributed by atoms with Crippen LogP contribution in [0, 0.1) is 18.3 Å². The second kappa shape index (κ2) is 7.09. The van der Waals surface area contributed by atoms with Gasteiger partial charge in [0.25, 0.3) is 5.91 Å². The average molecular weight is 292 g/mol. The molecule has 0 spiro atoms. The van der Waals surface area contributed by atoms with Crippen LogP contribution in [-0.2, 0) is 4.79 Å². The normalized spacial score (nSPS) is 10.7. The third-order valence-corrected chi connectivity index (χ3v) is 3.20. The highest BCUT2D eigenvalue weighted by Gasteiger charge is 2.10. The number of ether oxygens (including phenoxy) is 1. The number of methoxy groups -OCH3 is 1. The summed E-state index contributed by atoms with van der Waals surface area (Å²) in [5, 5.41) is 11.9. The van der Waals surface area contributed by atoms with E-state index < -0.39 is 5.91 Å². The van der Waals surface area contributed by atoms with E-state index in [2.05, 4.69) is 5.32 Å². The van der Waals surface area contributed by atoms with Crippen LogP contribution in [0.5, 0.6) is 5.75 Å². The SMILES string of the molecule is COc1ccc(NC(=O)/C(C#N)=C/c2ccccc2C)cc1. The van der Waals surface area contributed by atoms with Gasteiger partial charge < -0.3 is 10.1 Å². The topological polar surface area (TPSA) is 62.1 Å². The zero-order valence-electron chi connectivity index (χ0n) is 12.5. The maximum Gasteiger partial charge on any atom is 0.266 e. The zero-order valence-corrected chi connectivity index (χ0v) is 12.5. The number of hydrogen-bond acceptors (Lipinski definition) is 3. The molecule has 0 unspecified atom stereocenters. The van der Waals surface area contributed by atoms with Crippen LogP contribution in [0.25, 0.3) is 6.08 Å². The Morgan fingerprint density at radius 3 is 2.45 bits per heavy atom. The smallest absolute Gasteiger partial charge is 0.266 e. The van der Waals surface area contributed by atoms with Gasteiger partial charge in [-0.15, -0.1) is 0 Å². The van der Waals surface area contributed by atoms with Gasteiger partial charge >= 0.3 is 0 Å². The Balaban J connectivity index is 2.19. The summed E-state index contributed by atoms with van der Waals surface area (Å²) in [6.45, 7) is 1.93. The van der Waals surface area contributed by atoms with Crippen molar-refractivity contribution in [3.63, 3.8) is 0 Å². The van der Waals surface area contributed by atoms with E-state index in [9.17, 15) is 10.1 Å². The molecule has 4 heteroatoms. The number of amides is 1. The lowest BCUT2D eigenvalue weighted by atomic mass is 10.1. The van der Waals surface area contributed by atoms with Gasteiger partial charge in [-0.3, -0.25) is 4.79 Å². The number of nitrogens with one attached hydrogen (secondary N) is 1. The second-order valence-corrected chi connectivity index (χ2v) is 4.71. The molecule has 2 aromatic rings. The second-order valence-electron chi connectivity index (χ2n) is 4.71. The lowest BCUT2D eigenvalue weighted by Gasteiger charge is -2.06. The standard InChI is InChI=1S/C18H16N2O2/c1-13-5-3-4-6-14(13)11-15(12-19)18(21)20-16-7-9-17(22-2)10-8-16/h3-11H,1-2H3,(H,20,21)/b15-11+. The molecule has 110 valence electrons. The molecule has 0 fully saturated rings. The molecular formula is C18H16N2O2. The maximum atomic E-state index is 12.2.